The largest absolute Gasteiger partial charge is 0.350 e. The number of fused-ring (bicyclic) bond motifs is 1. The summed E-state index contributed by atoms with van der Waals surface area (Å²) in [5, 5.41) is 3.01. The molecule has 1 aliphatic heterocycles. The molecule has 2 amide bonds. The highest BCUT2D eigenvalue weighted by Gasteiger charge is 2.20. The third kappa shape index (κ3) is 7.70. The zero-order valence-electron chi connectivity index (χ0n) is 20.4. The fraction of sp³-hybridized carbons (Fsp3) is 0.577. The van der Waals surface area contributed by atoms with E-state index in [0.29, 0.717) is 24.6 Å². The molecule has 0 aliphatic carbocycles. The molecule has 33 heavy (non-hydrogen) atoms. The lowest BCUT2D eigenvalue weighted by molar-refractivity contribution is -0.116. The van der Waals surface area contributed by atoms with Crippen molar-refractivity contribution in [1.29, 1.82) is 0 Å². The maximum absolute atomic E-state index is 12.9. The summed E-state index contributed by atoms with van der Waals surface area (Å²) in [5.74, 6) is 0.523. The summed E-state index contributed by atoms with van der Waals surface area (Å²) < 4.78 is 1.94. The highest BCUT2D eigenvalue weighted by atomic mass is 16.2. The molecule has 1 aromatic carbocycles. The first-order valence-electron chi connectivity index (χ1n) is 12.3. The van der Waals surface area contributed by atoms with Crippen LogP contribution in [0.4, 0.5) is 5.69 Å². The van der Waals surface area contributed by atoms with E-state index in [0.717, 1.165) is 50.3 Å². The van der Waals surface area contributed by atoms with Crippen LogP contribution in [0, 0.1) is 5.92 Å². The maximum atomic E-state index is 12.9. The Morgan fingerprint density at radius 2 is 1.85 bits per heavy atom. The molecule has 2 heterocycles. The van der Waals surface area contributed by atoms with Crippen molar-refractivity contribution in [2.45, 2.75) is 66.0 Å². The number of imidazole rings is 1. The van der Waals surface area contributed by atoms with Crippen LogP contribution in [0.1, 0.15) is 68.8 Å². The molecule has 0 saturated carbocycles. The number of nitrogens with zero attached hydrogens (tertiary/aromatic N) is 4. The Morgan fingerprint density at radius 1 is 1.09 bits per heavy atom. The van der Waals surface area contributed by atoms with E-state index >= 15 is 0 Å². The SMILES string of the molecule is CC(=O)N1CCCCCCCN(CC(C)C)Cc2cc(C(=O)NCCn3ccnc3)ccc21. The molecule has 0 fully saturated rings. The highest BCUT2D eigenvalue weighted by molar-refractivity contribution is 5.97. The number of hydrogen-bond donors (Lipinski definition) is 1. The number of benzene rings is 1. The standard InChI is InChI=1S/C26H39N5O2/c1-21(2)18-30-13-7-5-4-6-8-14-31(22(3)32)25-10-9-23(17-24(25)19-30)26(33)28-12-16-29-15-11-27-20-29/h9-11,15,17,20-21H,4-8,12-14,16,18-19H2,1-3H3,(H,28,33). The van der Waals surface area contributed by atoms with Crippen molar-refractivity contribution in [3.63, 3.8) is 0 Å². The number of amides is 2. The normalized spacial score (nSPS) is 16.1. The first-order valence-corrected chi connectivity index (χ1v) is 12.3. The zero-order chi connectivity index (χ0) is 23.6. The number of carbonyl (C=O) groups is 2. The molecule has 1 aliphatic rings. The average Bonchev–Trinajstić information content (AvgIpc) is 3.27. The molecule has 7 nitrogen and oxygen atoms in total. The van der Waals surface area contributed by atoms with Gasteiger partial charge >= 0.3 is 0 Å². The van der Waals surface area contributed by atoms with Crippen molar-refractivity contribution >= 4 is 17.5 Å². The molecule has 7 heteroatoms. The second-order valence-electron chi connectivity index (χ2n) is 9.47. The van der Waals surface area contributed by atoms with Crippen LogP contribution in [0.25, 0.3) is 0 Å². The van der Waals surface area contributed by atoms with Gasteiger partial charge in [-0.15, -0.1) is 0 Å². The zero-order valence-corrected chi connectivity index (χ0v) is 20.4. The van der Waals surface area contributed by atoms with Gasteiger partial charge in [-0.1, -0.05) is 33.1 Å². The number of hydrogen-bond acceptors (Lipinski definition) is 4. The van der Waals surface area contributed by atoms with Crippen LogP contribution in [0.15, 0.2) is 36.9 Å². The van der Waals surface area contributed by atoms with Gasteiger partial charge in [-0.25, -0.2) is 4.98 Å². The summed E-state index contributed by atoms with van der Waals surface area (Å²) in [5.41, 5.74) is 2.62. The monoisotopic (exact) mass is 453 g/mol. The smallest absolute Gasteiger partial charge is 0.251 e. The molecule has 0 saturated heterocycles. The molecule has 0 radical (unpaired) electrons. The van der Waals surface area contributed by atoms with Gasteiger partial charge in [0, 0.05) is 63.3 Å². The summed E-state index contributed by atoms with van der Waals surface area (Å²) >= 11 is 0. The van der Waals surface area contributed by atoms with E-state index in [1.54, 1.807) is 19.4 Å². The van der Waals surface area contributed by atoms with Crippen molar-refractivity contribution in [2.75, 3.05) is 31.1 Å². The van der Waals surface area contributed by atoms with Crippen LogP contribution in [0.3, 0.4) is 0 Å². The molecule has 2 aromatic rings. The number of nitrogens with one attached hydrogen (secondary N) is 1. The third-order valence-corrected chi connectivity index (χ3v) is 6.10. The lowest BCUT2D eigenvalue weighted by atomic mass is 10.0. The Balaban J connectivity index is 1.83. The van der Waals surface area contributed by atoms with Crippen LogP contribution in [0.5, 0.6) is 0 Å². The molecule has 0 bridgehead atoms. The first-order chi connectivity index (χ1) is 15.9. The predicted octanol–water partition coefficient (Wildman–Crippen LogP) is 4.09. The van der Waals surface area contributed by atoms with E-state index in [-0.39, 0.29) is 11.8 Å². The lowest BCUT2D eigenvalue weighted by Crippen LogP contribution is -2.34. The first kappa shape index (κ1) is 25.0. The van der Waals surface area contributed by atoms with E-state index < -0.39 is 0 Å². The molecule has 180 valence electrons. The Hall–Kier alpha value is -2.67. The van der Waals surface area contributed by atoms with Gasteiger partial charge in [-0.2, -0.15) is 0 Å². The molecular weight excluding hydrogens is 414 g/mol. The summed E-state index contributed by atoms with van der Waals surface area (Å²) in [6, 6.07) is 5.79. The van der Waals surface area contributed by atoms with Gasteiger partial charge < -0.3 is 14.8 Å². The fourth-order valence-electron chi connectivity index (χ4n) is 4.51. The van der Waals surface area contributed by atoms with E-state index in [2.05, 4.69) is 29.0 Å². The lowest BCUT2D eigenvalue weighted by Gasteiger charge is -2.30. The minimum atomic E-state index is -0.0891. The molecule has 3 rings (SSSR count). The van der Waals surface area contributed by atoms with Crippen molar-refractivity contribution in [1.82, 2.24) is 19.8 Å². The van der Waals surface area contributed by atoms with Gasteiger partial charge in [0.1, 0.15) is 0 Å². The van der Waals surface area contributed by atoms with Crippen molar-refractivity contribution < 1.29 is 9.59 Å². The van der Waals surface area contributed by atoms with Gasteiger partial charge in [-0.3, -0.25) is 14.5 Å². The van der Waals surface area contributed by atoms with Crippen LogP contribution >= 0.6 is 0 Å². The van der Waals surface area contributed by atoms with Gasteiger partial charge in [0.2, 0.25) is 5.91 Å². The molecule has 0 atom stereocenters. The Bertz CT molecular complexity index is 894. The van der Waals surface area contributed by atoms with Gasteiger partial charge in [0.25, 0.3) is 5.91 Å². The van der Waals surface area contributed by atoms with E-state index in [1.165, 1.54) is 19.3 Å². The number of aromatic nitrogens is 2. The summed E-state index contributed by atoms with van der Waals surface area (Å²) in [4.78, 5) is 33.8. The summed E-state index contributed by atoms with van der Waals surface area (Å²) in [7, 11) is 0. The van der Waals surface area contributed by atoms with Crippen LogP contribution in [-0.4, -0.2) is 52.4 Å². The number of carbonyl (C=O) groups excluding carboxylic acids is 2. The number of rotatable bonds is 6. The van der Waals surface area contributed by atoms with Crippen LogP contribution in [0.2, 0.25) is 0 Å². The Morgan fingerprint density at radius 3 is 2.55 bits per heavy atom. The quantitative estimate of drug-likeness (QED) is 0.715. The molecule has 0 unspecified atom stereocenters. The molecule has 0 spiro atoms. The van der Waals surface area contributed by atoms with E-state index in [1.807, 2.05) is 33.9 Å². The maximum Gasteiger partial charge on any atom is 0.251 e. The van der Waals surface area contributed by atoms with Crippen molar-refractivity contribution in [3.05, 3.63) is 48.0 Å². The minimum absolute atomic E-state index is 0.0567. The van der Waals surface area contributed by atoms with Crippen molar-refractivity contribution in [2.24, 2.45) is 5.92 Å². The second kappa shape index (κ2) is 12.5. The third-order valence-electron chi connectivity index (χ3n) is 6.10. The molecular formula is C26H39N5O2. The molecule has 1 aromatic heterocycles. The van der Waals surface area contributed by atoms with Gasteiger partial charge in [0.05, 0.1) is 6.33 Å². The van der Waals surface area contributed by atoms with E-state index in [4.69, 9.17) is 0 Å². The van der Waals surface area contributed by atoms with Crippen LogP contribution < -0.4 is 10.2 Å². The van der Waals surface area contributed by atoms with Crippen LogP contribution in [-0.2, 0) is 17.9 Å². The summed E-state index contributed by atoms with van der Waals surface area (Å²) in [6.07, 6.45) is 11.1. The predicted molar refractivity (Wildman–Crippen MR) is 132 cm³/mol. The molecule has 1 N–H and O–H groups in total. The highest BCUT2D eigenvalue weighted by Crippen LogP contribution is 2.26. The fourth-order valence-corrected chi connectivity index (χ4v) is 4.51. The Labute approximate surface area is 198 Å². The average molecular weight is 454 g/mol. The van der Waals surface area contributed by atoms with Gasteiger partial charge in [-0.05, 0) is 49.1 Å². The van der Waals surface area contributed by atoms with Crippen molar-refractivity contribution in [3.8, 4) is 0 Å². The van der Waals surface area contributed by atoms with Gasteiger partial charge in [0.15, 0.2) is 0 Å². The summed E-state index contributed by atoms with van der Waals surface area (Å²) in [6.45, 7) is 10.8. The second-order valence-corrected chi connectivity index (χ2v) is 9.47. The topological polar surface area (TPSA) is 70.5 Å². The minimum Gasteiger partial charge on any atom is -0.350 e. The van der Waals surface area contributed by atoms with E-state index in [9.17, 15) is 9.59 Å². The Kier molecular flexibility index (Phi) is 9.48. The number of anilines is 1.